The fraction of sp³-hybridized carbons (Fsp3) is 0.167. The third kappa shape index (κ3) is 1.23. The molecule has 0 nitrogen and oxygen atoms in total. The number of hydrogen-bond acceptors (Lipinski definition) is 1. The summed E-state index contributed by atoms with van der Waals surface area (Å²) in [6.45, 7) is 0. The molecule has 0 fully saturated rings. The lowest BCUT2D eigenvalue weighted by molar-refractivity contribution is 0.881. The first-order chi connectivity index (χ1) is 6.84. The Kier molecular flexibility index (Phi) is 1.96. The summed E-state index contributed by atoms with van der Waals surface area (Å²) in [6.07, 6.45) is 8.78. The van der Waals surface area contributed by atoms with Crippen molar-refractivity contribution in [3.63, 3.8) is 0 Å². The average Bonchev–Trinajstić information content (AvgIpc) is 2.56. The van der Waals surface area contributed by atoms with Crippen LogP contribution < -0.4 is 0 Å². The van der Waals surface area contributed by atoms with Gasteiger partial charge >= 0.3 is 0 Å². The molecule has 70 valence electrons. The fourth-order valence-corrected chi connectivity index (χ4v) is 3.52. The quantitative estimate of drug-likeness (QED) is 0.636. The van der Waals surface area contributed by atoms with Crippen molar-refractivity contribution in [1.82, 2.24) is 0 Å². The Bertz CT molecular complexity index is 434. The van der Waals surface area contributed by atoms with Crippen LogP contribution in [0.3, 0.4) is 0 Å². The summed E-state index contributed by atoms with van der Waals surface area (Å²) in [7, 11) is 0. The van der Waals surface area contributed by atoms with Crippen molar-refractivity contribution < 1.29 is 0 Å². The summed E-state index contributed by atoms with van der Waals surface area (Å²) in [5, 5.41) is 1.42. The molecule has 0 saturated carbocycles. The standard InChI is InChI=1S/C12H9ClS/c13-8-5-6-12-10(7-8)9-3-1-2-4-11(9)14-12/h1-7,9,11H/t9?,11-/m1/s1. The molecule has 1 aromatic rings. The van der Waals surface area contributed by atoms with E-state index in [0.717, 1.165) is 5.02 Å². The van der Waals surface area contributed by atoms with Crippen LogP contribution in [0.4, 0.5) is 0 Å². The van der Waals surface area contributed by atoms with Crippen molar-refractivity contribution in [2.45, 2.75) is 16.1 Å². The highest BCUT2D eigenvalue weighted by Crippen LogP contribution is 2.48. The minimum Gasteiger partial charge on any atom is -0.117 e. The van der Waals surface area contributed by atoms with Gasteiger partial charge in [-0.1, -0.05) is 35.9 Å². The topological polar surface area (TPSA) is 0 Å². The van der Waals surface area contributed by atoms with E-state index in [0.29, 0.717) is 11.2 Å². The molecule has 14 heavy (non-hydrogen) atoms. The van der Waals surface area contributed by atoms with Gasteiger partial charge in [-0.25, -0.2) is 0 Å². The van der Waals surface area contributed by atoms with E-state index in [-0.39, 0.29) is 0 Å². The van der Waals surface area contributed by atoms with Gasteiger partial charge in [0.15, 0.2) is 0 Å². The van der Waals surface area contributed by atoms with Crippen molar-refractivity contribution in [3.05, 3.63) is 53.1 Å². The Morgan fingerprint density at radius 3 is 2.93 bits per heavy atom. The summed E-state index contributed by atoms with van der Waals surface area (Å²) >= 11 is 7.94. The number of benzene rings is 1. The molecule has 2 aliphatic rings. The molecule has 0 N–H and O–H groups in total. The number of thioether (sulfide) groups is 1. The zero-order chi connectivity index (χ0) is 9.54. The molecule has 2 atom stereocenters. The molecule has 1 aliphatic heterocycles. The molecule has 0 saturated heterocycles. The number of fused-ring (bicyclic) bond motifs is 3. The van der Waals surface area contributed by atoms with E-state index in [1.807, 2.05) is 17.8 Å². The summed E-state index contributed by atoms with van der Waals surface area (Å²) in [5.41, 5.74) is 1.38. The smallest absolute Gasteiger partial charge is 0.0409 e. The minimum absolute atomic E-state index is 0.527. The van der Waals surface area contributed by atoms with E-state index in [1.165, 1.54) is 10.5 Å². The predicted octanol–water partition coefficient (Wildman–Crippen LogP) is 4.02. The fourth-order valence-electron chi connectivity index (χ4n) is 2.01. The molecular formula is C12H9ClS. The molecule has 0 radical (unpaired) electrons. The lowest BCUT2D eigenvalue weighted by Gasteiger charge is -2.14. The molecule has 1 heterocycles. The molecule has 0 amide bonds. The van der Waals surface area contributed by atoms with Gasteiger partial charge in [0.25, 0.3) is 0 Å². The second-order valence-corrected chi connectivity index (χ2v) is 5.22. The van der Waals surface area contributed by atoms with Gasteiger partial charge in [0, 0.05) is 21.1 Å². The first kappa shape index (κ1) is 8.63. The Balaban J connectivity index is 2.12. The monoisotopic (exact) mass is 220 g/mol. The summed E-state index contributed by atoms with van der Waals surface area (Å²) in [6, 6.07) is 6.19. The number of hydrogen-bond donors (Lipinski definition) is 0. The normalized spacial score (nSPS) is 27.5. The van der Waals surface area contributed by atoms with E-state index in [9.17, 15) is 0 Å². The summed E-state index contributed by atoms with van der Waals surface area (Å²) < 4.78 is 0. The second kappa shape index (κ2) is 3.18. The highest BCUT2D eigenvalue weighted by Gasteiger charge is 2.30. The van der Waals surface area contributed by atoms with E-state index in [4.69, 9.17) is 11.6 Å². The first-order valence-corrected chi connectivity index (χ1v) is 5.91. The number of rotatable bonds is 0. The van der Waals surface area contributed by atoms with Crippen molar-refractivity contribution in [1.29, 1.82) is 0 Å². The zero-order valence-corrected chi connectivity index (χ0v) is 9.05. The number of allylic oxidation sites excluding steroid dienone is 3. The predicted molar refractivity (Wildman–Crippen MR) is 62.1 cm³/mol. The Morgan fingerprint density at radius 1 is 1.14 bits per heavy atom. The molecule has 1 aromatic carbocycles. The highest BCUT2D eigenvalue weighted by atomic mass is 35.5. The lowest BCUT2D eigenvalue weighted by Crippen LogP contribution is -2.06. The average molecular weight is 221 g/mol. The van der Waals surface area contributed by atoms with E-state index < -0.39 is 0 Å². The third-order valence-electron chi connectivity index (χ3n) is 2.68. The third-order valence-corrected chi connectivity index (χ3v) is 4.26. The van der Waals surface area contributed by atoms with Crippen LogP contribution in [0.25, 0.3) is 0 Å². The highest BCUT2D eigenvalue weighted by molar-refractivity contribution is 8.00. The Hall–Kier alpha value is -0.660. The first-order valence-electron chi connectivity index (χ1n) is 4.66. The second-order valence-electron chi connectivity index (χ2n) is 3.56. The summed E-state index contributed by atoms with van der Waals surface area (Å²) in [5.74, 6) is 0.527. The Labute approximate surface area is 92.7 Å². The van der Waals surface area contributed by atoms with Crippen LogP contribution in [-0.4, -0.2) is 5.25 Å². The van der Waals surface area contributed by atoms with Crippen LogP contribution in [0.5, 0.6) is 0 Å². The van der Waals surface area contributed by atoms with Crippen molar-refractivity contribution in [2.75, 3.05) is 0 Å². The molecule has 0 bridgehead atoms. The molecule has 0 aromatic heterocycles. The molecular weight excluding hydrogens is 212 g/mol. The van der Waals surface area contributed by atoms with Crippen molar-refractivity contribution in [2.24, 2.45) is 0 Å². The zero-order valence-electron chi connectivity index (χ0n) is 7.48. The van der Waals surface area contributed by atoms with Crippen LogP contribution in [0.1, 0.15) is 11.5 Å². The SMILES string of the molecule is Clc1ccc2c(c1)C1C=CC=C[C@H]1S2. The van der Waals surface area contributed by atoms with Crippen LogP contribution in [0, 0.1) is 0 Å². The van der Waals surface area contributed by atoms with Crippen LogP contribution >= 0.6 is 23.4 Å². The molecule has 2 heteroatoms. The van der Waals surface area contributed by atoms with Gasteiger partial charge in [-0.3, -0.25) is 0 Å². The lowest BCUT2D eigenvalue weighted by atomic mass is 9.93. The van der Waals surface area contributed by atoms with Gasteiger partial charge in [0.05, 0.1) is 0 Å². The Morgan fingerprint density at radius 2 is 2.00 bits per heavy atom. The maximum atomic E-state index is 6.00. The largest absolute Gasteiger partial charge is 0.117 e. The van der Waals surface area contributed by atoms with Gasteiger partial charge < -0.3 is 0 Å². The van der Waals surface area contributed by atoms with Crippen LogP contribution in [-0.2, 0) is 0 Å². The van der Waals surface area contributed by atoms with Gasteiger partial charge in [0.2, 0.25) is 0 Å². The molecule has 1 unspecified atom stereocenters. The molecule has 3 rings (SSSR count). The molecule has 1 aliphatic carbocycles. The van der Waals surface area contributed by atoms with Crippen molar-refractivity contribution >= 4 is 23.4 Å². The molecule has 0 spiro atoms. The van der Waals surface area contributed by atoms with E-state index in [1.54, 1.807) is 0 Å². The number of halogens is 1. The van der Waals surface area contributed by atoms with Crippen LogP contribution in [0.2, 0.25) is 5.02 Å². The van der Waals surface area contributed by atoms with Gasteiger partial charge in [-0.05, 0) is 23.8 Å². The minimum atomic E-state index is 0.527. The maximum absolute atomic E-state index is 6.00. The summed E-state index contributed by atoms with van der Waals surface area (Å²) in [4.78, 5) is 1.38. The van der Waals surface area contributed by atoms with Gasteiger partial charge in [0.1, 0.15) is 0 Å². The maximum Gasteiger partial charge on any atom is 0.0409 e. The van der Waals surface area contributed by atoms with Gasteiger partial charge in [-0.15, -0.1) is 11.8 Å². The van der Waals surface area contributed by atoms with Gasteiger partial charge in [-0.2, -0.15) is 0 Å². The van der Waals surface area contributed by atoms with Crippen molar-refractivity contribution in [3.8, 4) is 0 Å². The van der Waals surface area contributed by atoms with E-state index >= 15 is 0 Å². The van der Waals surface area contributed by atoms with E-state index in [2.05, 4.69) is 36.4 Å². The van der Waals surface area contributed by atoms with Crippen LogP contribution in [0.15, 0.2) is 47.4 Å².